The van der Waals surface area contributed by atoms with E-state index < -0.39 is 23.6 Å². The molecule has 1 amide bonds. The zero-order valence-electron chi connectivity index (χ0n) is 16.0. The van der Waals surface area contributed by atoms with E-state index in [-0.39, 0.29) is 18.3 Å². The van der Waals surface area contributed by atoms with Crippen molar-refractivity contribution in [2.75, 3.05) is 23.9 Å². The van der Waals surface area contributed by atoms with Crippen molar-refractivity contribution in [3.63, 3.8) is 0 Å². The van der Waals surface area contributed by atoms with Gasteiger partial charge in [-0.2, -0.15) is 0 Å². The molecule has 1 aromatic heterocycles. The largest absolute Gasteiger partial charge is 0.495 e. The minimum absolute atomic E-state index is 0.219. The second-order valence-electron chi connectivity index (χ2n) is 6.60. The average molecular weight is 411 g/mol. The topological polar surface area (TPSA) is 98.5 Å². The SMILES string of the molecule is COc1ccccc1NC(=O)Cn1nc2n(c(=O)c1=O)CCN2c1ccc(F)cc1. The number of benzene rings is 2. The van der Waals surface area contributed by atoms with Crippen LogP contribution < -0.4 is 26.1 Å². The maximum atomic E-state index is 13.2. The lowest BCUT2D eigenvalue weighted by atomic mass is 10.3. The first kappa shape index (κ1) is 19.4. The Morgan fingerprint density at radius 2 is 1.83 bits per heavy atom. The Kier molecular flexibility index (Phi) is 5.05. The van der Waals surface area contributed by atoms with Crippen molar-refractivity contribution >= 4 is 23.2 Å². The van der Waals surface area contributed by atoms with Crippen molar-refractivity contribution in [1.82, 2.24) is 14.3 Å². The number of halogens is 1. The molecule has 0 saturated carbocycles. The number of para-hydroxylation sites is 2. The van der Waals surface area contributed by atoms with Crippen LogP contribution in [0.2, 0.25) is 0 Å². The van der Waals surface area contributed by atoms with Crippen LogP contribution in [0.15, 0.2) is 58.1 Å². The fourth-order valence-electron chi connectivity index (χ4n) is 3.27. The van der Waals surface area contributed by atoms with Crippen LogP contribution in [-0.4, -0.2) is 33.9 Å². The molecule has 154 valence electrons. The molecule has 1 N–H and O–H groups in total. The average Bonchev–Trinajstić information content (AvgIpc) is 3.16. The smallest absolute Gasteiger partial charge is 0.333 e. The molecule has 0 spiro atoms. The van der Waals surface area contributed by atoms with Gasteiger partial charge in [-0.05, 0) is 36.4 Å². The summed E-state index contributed by atoms with van der Waals surface area (Å²) in [6, 6.07) is 12.5. The van der Waals surface area contributed by atoms with Gasteiger partial charge in [0.25, 0.3) is 0 Å². The maximum Gasteiger partial charge on any atom is 0.333 e. The van der Waals surface area contributed by atoms with E-state index in [9.17, 15) is 18.8 Å². The molecule has 10 heteroatoms. The normalized spacial score (nSPS) is 12.5. The summed E-state index contributed by atoms with van der Waals surface area (Å²) in [5.74, 6) is -0.245. The highest BCUT2D eigenvalue weighted by Gasteiger charge is 2.26. The van der Waals surface area contributed by atoms with Crippen LogP contribution in [0.4, 0.5) is 21.7 Å². The molecule has 4 rings (SSSR count). The van der Waals surface area contributed by atoms with E-state index in [4.69, 9.17) is 4.74 Å². The van der Waals surface area contributed by atoms with E-state index in [1.165, 1.54) is 23.8 Å². The predicted molar refractivity (Wildman–Crippen MR) is 108 cm³/mol. The molecule has 0 bridgehead atoms. The van der Waals surface area contributed by atoms with Crippen LogP contribution in [0.25, 0.3) is 0 Å². The van der Waals surface area contributed by atoms with Crippen LogP contribution >= 0.6 is 0 Å². The van der Waals surface area contributed by atoms with Crippen molar-refractivity contribution in [1.29, 1.82) is 0 Å². The summed E-state index contributed by atoms with van der Waals surface area (Å²) in [6.07, 6.45) is 0. The number of nitrogens with zero attached hydrogens (tertiary/aromatic N) is 4. The molecule has 0 fully saturated rings. The van der Waals surface area contributed by atoms with Gasteiger partial charge in [0.15, 0.2) is 0 Å². The van der Waals surface area contributed by atoms with Crippen molar-refractivity contribution in [2.45, 2.75) is 13.1 Å². The highest BCUT2D eigenvalue weighted by Crippen LogP contribution is 2.26. The van der Waals surface area contributed by atoms with E-state index in [0.717, 1.165) is 4.68 Å². The van der Waals surface area contributed by atoms with Gasteiger partial charge in [0.2, 0.25) is 11.9 Å². The second kappa shape index (κ2) is 7.82. The molecule has 30 heavy (non-hydrogen) atoms. The number of carbonyl (C=O) groups excluding carboxylic acids is 1. The van der Waals surface area contributed by atoms with E-state index in [1.807, 2.05) is 0 Å². The zero-order valence-corrected chi connectivity index (χ0v) is 16.0. The standard InChI is InChI=1S/C20H18FN5O4/c1-30-16-5-3-2-4-15(16)22-17(27)12-26-19(29)18(28)25-11-10-24(20(25)23-26)14-8-6-13(21)7-9-14/h2-9H,10-12H2,1H3,(H,22,27). The minimum atomic E-state index is -0.894. The molecule has 1 aliphatic heterocycles. The molecule has 3 aromatic rings. The fourth-order valence-corrected chi connectivity index (χ4v) is 3.27. The number of hydrogen-bond acceptors (Lipinski definition) is 6. The molecular weight excluding hydrogens is 393 g/mol. The van der Waals surface area contributed by atoms with Gasteiger partial charge in [0.1, 0.15) is 18.1 Å². The van der Waals surface area contributed by atoms with Gasteiger partial charge in [-0.1, -0.05) is 12.1 Å². The molecule has 0 saturated heterocycles. The molecule has 2 heterocycles. The van der Waals surface area contributed by atoms with E-state index in [0.29, 0.717) is 23.7 Å². The van der Waals surface area contributed by atoms with Gasteiger partial charge in [0, 0.05) is 18.8 Å². The van der Waals surface area contributed by atoms with Gasteiger partial charge in [-0.15, -0.1) is 5.10 Å². The lowest BCUT2D eigenvalue weighted by Crippen LogP contribution is -2.44. The number of ether oxygens (including phenoxy) is 1. The third-order valence-corrected chi connectivity index (χ3v) is 4.72. The van der Waals surface area contributed by atoms with Crippen LogP contribution in [0.3, 0.4) is 0 Å². The molecule has 1 aliphatic rings. The van der Waals surface area contributed by atoms with Gasteiger partial charge < -0.3 is 15.0 Å². The molecule has 0 unspecified atom stereocenters. The summed E-state index contributed by atoms with van der Waals surface area (Å²) in [7, 11) is 1.47. The number of fused-ring (bicyclic) bond motifs is 1. The lowest BCUT2D eigenvalue weighted by Gasteiger charge is -2.18. The number of amides is 1. The van der Waals surface area contributed by atoms with Crippen LogP contribution in [0, 0.1) is 5.82 Å². The number of carbonyl (C=O) groups is 1. The molecule has 9 nitrogen and oxygen atoms in total. The van der Waals surface area contributed by atoms with Crippen molar-refractivity contribution in [2.24, 2.45) is 0 Å². The van der Waals surface area contributed by atoms with Gasteiger partial charge >= 0.3 is 11.1 Å². The Labute approximate surface area is 169 Å². The summed E-state index contributed by atoms with van der Waals surface area (Å²) < 4.78 is 20.5. The summed E-state index contributed by atoms with van der Waals surface area (Å²) in [5, 5.41) is 6.87. The Morgan fingerprint density at radius 1 is 1.10 bits per heavy atom. The van der Waals surface area contributed by atoms with E-state index >= 15 is 0 Å². The Hall–Kier alpha value is -3.95. The van der Waals surface area contributed by atoms with Crippen molar-refractivity contribution < 1.29 is 13.9 Å². The van der Waals surface area contributed by atoms with E-state index in [1.54, 1.807) is 41.3 Å². The van der Waals surface area contributed by atoms with E-state index in [2.05, 4.69) is 10.4 Å². The summed E-state index contributed by atoms with van der Waals surface area (Å²) in [4.78, 5) is 39.1. The Morgan fingerprint density at radius 3 is 2.57 bits per heavy atom. The van der Waals surface area contributed by atoms with Crippen LogP contribution in [0.1, 0.15) is 0 Å². The number of anilines is 3. The number of nitrogens with one attached hydrogen (secondary N) is 1. The Bertz CT molecular complexity index is 1220. The Balaban J connectivity index is 1.63. The lowest BCUT2D eigenvalue weighted by molar-refractivity contribution is -0.117. The van der Waals surface area contributed by atoms with Crippen molar-refractivity contribution in [3.8, 4) is 5.75 Å². The third-order valence-electron chi connectivity index (χ3n) is 4.72. The van der Waals surface area contributed by atoms with Crippen LogP contribution in [0.5, 0.6) is 5.75 Å². The minimum Gasteiger partial charge on any atom is -0.495 e. The number of rotatable bonds is 5. The predicted octanol–water partition coefficient (Wildman–Crippen LogP) is 1.34. The van der Waals surface area contributed by atoms with Crippen molar-refractivity contribution in [3.05, 3.63) is 75.1 Å². The van der Waals surface area contributed by atoms with Gasteiger partial charge in [-0.3, -0.25) is 19.0 Å². The molecule has 0 radical (unpaired) electrons. The quantitative estimate of drug-likeness (QED) is 0.637. The number of hydrogen-bond donors (Lipinski definition) is 1. The number of aromatic nitrogens is 3. The monoisotopic (exact) mass is 411 g/mol. The summed E-state index contributed by atoms with van der Waals surface area (Å²) in [6.45, 7) is 0.212. The maximum absolute atomic E-state index is 13.2. The first-order chi connectivity index (χ1) is 14.5. The third kappa shape index (κ3) is 3.54. The van der Waals surface area contributed by atoms with Crippen LogP contribution in [-0.2, 0) is 17.9 Å². The first-order valence-electron chi connectivity index (χ1n) is 9.16. The highest BCUT2D eigenvalue weighted by atomic mass is 19.1. The van der Waals surface area contributed by atoms with Gasteiger partial charge in [0.05, 0.1) is 12.8 Å². The summed E-state index contributed by atoms with van der Waals surface area (Å²) in [5.41, 5.74) is -0.605. The highest BCUT2D eigenvalue weighted by molar-refractivity contribution is 5.92. The zero-order chi connectivity index (χ0) is 21.3. The first-order valence-corrected chi connectivity index (χ1v) is 9.16. The molecular formula is C20H18FN5O4. The summed E-state index contributed by atoms with van der Waals surface area (Å²) >= 11 is 0. The van der Waals surface area contributed by atoms with Gasteiger partial charge in [-0.25, -0.2) is 9.07 Å². The second-order valence-corrected chi connectivity index (χ2v) is 6.60. The molecule has 0 atom stereocenters. The molecule has 2 aromatic carbocycles. The number of methoxy groups -OCH3 is 1. The molecule has 0 aliphatic carbocycles. The fraction of sp³-hybridized carbons (Fsp3) is 0.200.